The van der Waals surface area contributed by atoms with Crippen molar-refractivity contribution < 1.29 is 18.7 Å². The number of rotatable bonds is 6. The zero-order valence-corrected chi connectivity index (χ0v) is 14.0. The van der Waals surface area contributed by atoms with Crippen molar-refractivity contribution in [1.29, 1.82) is 0 Å². The Kier molecular flexibility index (Phi) is 5.68. The first-order chi connectivity index (χ1) is 11.7. The highest BCUT2D eigenvalue weighted by atomic mass is 19.1. The van der Waals surface area contributed by atoms with Gasteiger partial charge in [0.05, 0.1) is 12.7 Å². The van der Waals surface area contributed by atoms with Crippen LogP contribution in [0.4, 0.5) is 4.39 Å². The molecule has 0 radical (unpaired) electrons. The van der Waals surface area contributed by atoms with Gasteiger partial charge in [-0.3, -0.25) is 9.69 Å². The summed E-state index contributed by atoms with van der Waals surface area (Å²) >= 11 is 0. The van der Waals surface area contributed by atoms with Crippen LogP contribution >= 0.6 is 0 Å². The summed E-state index contributed by atoms with van der Waals surface area (Å²) in [4.78, 5) is 14.8. The van der Waals surface area contributed by atoms with Crippen molar-refractivity contribution >= 4 is 5.91 Å². The topological polar surface area (TPSA) is 50.8 Å². The standard InChI is InChI=1S/C18H25FN2O3/c1-2-16(24-17-8-4-3-7-15(17)19)18(22)20-10-14-11-21-9-5-6-13(21)12-23-14/h3-4,7-8,13-14,16H,2,5-6,9-12H2,1H3,(H,20,22)/t13-,14-,16+/m1/s1. The van der Waals surface area contributed by atoms with E-state index in [2.05, 4.69) is 10.2 Å². The SMILES string of the molecule is CC[C@H](Oc1ccccc1F)C(=O)NC[C@@H]1CN2CCC[C@@H]2CO1. The molecule has 0 saturated carbocycles. The number of ether oxygens (including phenoxy) is 2. The fourth-order valence-electron chi connectivity index (χ4n) is 3.35. The molecular formula is C18H25FN2O3. The molecule has 0 aromatic heterocycles. The number of nitrogens with zero attached hydrogens (tertiary/aromatic N) is 1. The van der Waals surface area contributed by atoms with E-state index in [1.807, 2.05) is 6.92 Å². The van der Waals surface area contributed by atoms with E-state index >= 15 is 0 Å². The van der Waals surface area contributed by atoms with Crippen molar-refractivity contribution in [2.75, 3.05) is 26.2 Å². The number of fused-ring (bicyclic) bond motifs is 1. The molecule has 1 aromatic rings. The van der Waals surface area contributed by atoms with Gasteiger partial charge in [-0.05, 0) is 37.9 Å². The van der Waals surface area contributed by atoms with Crippen molar-refractivity contribution in [3.8, 4) is 5.75 Å². The van der Waals surface area contributed by atoms with Gasteiger partial charge in [0.15, 0.2) is 17.7 Å². The number of hydrogen-bond acceptors (Lipinski definition) is 4. The second-order valence-electron chi connectivity index (χ2n) is 6.44. The third-order valence-electron chi connectivity index (χ3n) is 4.73. The Hall–Kier alpha value is -1.66. The first kappa shape index (κ1) is 17.2. The quantitative estimate of drug-likeness (QED) is 0.863. The summed E-state index contributed by atoms with van der Waals surface area (Å²) in [5.74, 6) is -0.583. The third kappa shape index (κ3) is 4.05. The Morgan fingerprint density at radius 2 is 2.33 bits per heavy atom. The fraction of sp³-hybridized carbons (Fsp3) is 0.611. The van der Waals surface area contributed by atoms with Gasteiger partial charge in [0, 0.05) is 19.1 Å². The predicted molar refractivity (Wildman–Crippen MR) is 88.5 cm³/mol. The van der Waals surface area contributed by atoms with Gasteiger partial charge in [0.2, 0.25) is 0 Å². The Morgan fingerprint density at radius 1 is 1.50 bits per heavy atom. The number of nitrogens with one attached hydrogen (secondary N) is 1. The molecule has 6 heteroatoms. The number of morpholine rings is 1. The molecule has 24 heavy (non-hydrogen) atoms. The van der Waals surface area contributed by atoms with E-state index < -0.39 is 11.9 Å². The molecule has 3 atom stereocenters. The normalized spacial score (nSPS) is 25.1. The Balaban J connectivity index is 1.49. The minimum absolute atomic E-state index is 0.00858. The van der Waals surface area contributed by atoms with Gasteiger partial charge in [-0.1, -0.05) is 19.1 Å². The lowest BCUT2D eigenvalue weighted by atomic mass is 10.2. The van der Waals surface area contributed by atoms with E-state index in [1.54, 1.807) is 12.1 Å². The maximum Gasteiger partial charge on any atom is 0.261 e. The van der Waals surface area contributed by atoms with Crippen LogP contribution < -0.4 is 10.1 Å². The van der Waals surface area contributed by atoms with Gasteiger partial charge in [-0.25, -0.2) is 4.39 Å². The maximum absolute atomic E-state index is 13.7. The number of carbonyl (C=O) groups excluding carboxylic acids is 1. The minimum atomic E-state index is -0.704. The summed E-state index contributed by atoms with van der Waals surface area (Å²) in [7, 11) is 0. The highest BCUT2D eigenvalue weighted by molar-refractivity contribution is 5.81. The molecule has 1 aromatic carbocycles. The van der Waals surface area contributed by atoms with E-state index in [1.165, 1.54) is 25.0 Å². The van der Waals surface area contributed by atoms with Gasteiger partial charge < -0.3 is 14.8 Å². The summed E-state index contributed by atoms with van der Waals surface area (Å²) in [6.07, 6.45) is 2.20. The lowest BCUT2D eigenvalue weighted by Gasteiger charge is -2.35. The number of amides is 1. The molecule has 2 aliphatic heterocycles. The van der Waals surface area contributed by atoms with Crippen LogP contribution in [0.25, 0.3) is 0 Å². The van der Waals surface area contributed by atoms with E-state index in [9.17, 15) is 9.18 Å². The largest absolute Gasteiger partial charge is 0.478 e. The molecule has 2 fully saturated rings. The van der Waals surface area contributed by atoms with E-state index in [4.69, 9.17) is 9.47 Å². The van der Waals surface area contributed by atoms with Crippen LogP contribution in [0.5, 0.6) is 5.75 Å². The smallest absolute Gasteiger partial charge is 0.261 e. The van der Waals surface area contributed by atoms with E-state index in [0.29, 0.717) is 19.0 Å². The summed E-state index contributed by atoms with van der Waals surface area (Å²) in [5, 5.41) is 2.88. The molecule has 0 spiro atoms. The van der Waals surface area contributed by atoms with Crippen LogP contribution in [0.3, 0.4) is 0 Å². The predicted octanol–water partition coefficient (Wildman–Crippen LogP) is 1.96. The van der Waals surface area contributed by atoms with Crippen molar-refractivity contribution in [1.82, 2.24) is 10.2 Å². The van der Waals surface area contributed by atoms with Gasteiger partial charge in [-0.2, -0.15) is 0 Å². The Morgan fingerprint density at radius 3 is 3.12 bits per heavy atom. The van der Waals surface area contributed by atoms with Gasteiger partial charge in [0.1, 0.15) is 0 Å². The minimum Gasteiger partial charge on any atom is -0.478 e. The van der Waals surface area contributed by atoms with Crippen LogP contribution in [0.1, 0.15) is 26.2 Å². The number of benzene rings is 1. The lowest BCUT2D eigenvalue weighted by molar-refractivity contribution is -0.129. The fourth-order valence-corrected chi connectivity index (χ4v) is 3.35. The monoisotopic (exact) mass is 336 g/mol. The van der Waals surface area contributed by atoms with Gasteiger partial charge in [-0.15, -0.1) is 0 Å². The maximum atomic E-state index is 13.7. The molecule has 1 amide bonds. The van der Waals surface area contributed by atoms with E-state index in [0.717, 1.165) is 19.7 Å². The first-order valence-corrected chi connectivity index (χ1v) is 8.72. The van der Waals surface area contributed by atoms with Crippen LogP contribution in [-0.4, -0.2) is 55.3 Å². The van der Waals surface area contributed by atoms with Crippen molar-refractivity contribution in [2.45, 2.75) is 44.4 Å². The second kappa shape index (κ2) is 7.94. The van der Waals surface area contributed by atoms with Gasteiger partial charge in [0.25, 0.3) is 5.91 Å². The Labute approximate surface area is 142 Å². The number of carbonyl (C=O) groups is 1. The Bertz CT molecular complexity index is 569. The zero-order valence-electron chi connectivity index (χ0n) is 14.0. The highest BCUT2D eigenvalue weighted by Crippen LogP contribution is 2.22. The van der Waals surface area contributed by atoms with Crippen molar-refractivity contribution in [2.24, 2.45) is 0 Å². The summed E-state index contributed by atoms with van der Waals surface area (Å²) < 4.78 is 25.0. The first-order valence-electron chi connectivity index (χ1n) is 8.72. The van der Waals surface area contributed by atoms with Gasteiger partial charge >= 0.3 is 0 Å². The zero-order chi connectivity index (χ0) is 16.9. The average Bonchev–Trinajstić information content (AvgIpc) is 3.06. The molecule has 2 aliphatic rings. The summed E-state index contributed by atoms with van der Waals surface area (Å²) in [6, 6.07) is 6.68. The molecule has 3 rings (SSSR count). The summed E-state index contributed by atoms with van der Waals surface area (Å²) in [6.45, 7) is 5.02. The number of para-hydroxylation sites is 1. The van der Waals surface area contributed by atoms with Crippen LogP contribution in [0.2, 0.25) is 0 Å². The molecular weight excluding hydrogens is 311 g/mol. The highest BCUT2D eigenvalue weighted by Gasteiger charge is 2.32. The number of hydrogen-bond donors (Lipinski definition) is 1. The second-order valence-corrected chi connectivity index (χ2v) is 6.44. The van der Waals surface area contributed by atoms with E-state index in [-0.39, 0.29) is 17.8 Å². The molecule has 1 N–H and O–H groups in total. The molecule has 2 heterocycles. The lowest BCUT2D eigenvalue weighted by Crippen LogP contribution is -2.51. The van der Waals surface area contributed by atoms with Crippen LogP contribution in [0, 0.1) is 5.82 Å². The summed E-state index contributed by atoms with van der Waals surface area (Å²) in [5.41, 5.74) is 0. The molecule has 5 nitrogen and oxygen atoms in total. The molecule has 0 unspecified atom stereocenters. The molecule has 132 valence electrons. The number of halogens is 1. The third-order valence-corrected chi connectivity index (χ3v) is 4.73. The van der Waals surface area contributed by atoms with Crippen molar-refractivity contribution in [3.63, 3.8) is 0 Å². The molecule has 0 bridgehead atoms. The average molecular weight is 336 g/mol. The van der Waals surface area contributed by atoms with Crippen molar-refractivity contribution in [3.05, 3.63) is 30.1 Å². The van der Waals surface area contributed by atoms with Crippen LogP contribution in [0.15, 0.2) is 24.3 Å². The molecule has 0 aliphatic carbocycles. The molecule has 2 saturated heterocycles. The van der Waals surface area contributed by atoms with Crippen LogP contribution in [-0.2, 0) is 9.53 Å².